The van der Waals surface area contributed by atoms with Crippen LogP contribution in [0.3, 0.4) is 0 Å². The largest absolute Gasteiger partial charge is 0.478 e. The highest BCUT2D eigenvalue weighted by Gasteiger charge is 2.32. The number of aromatic carboxylic acids is 1. The number of nitrogens with zero attached hydrogens (tertiary/aromatic N) is 1. The summed E-state index contributed by atoms with van der Waals surface area (Å²) in [6.07, 6.45) is -3.88. The predicted molar refractivity (Wildman–Crippen MR) is 50.6 cm³/mol. The minimum absolute atomic E-state index is 0.0514. The number of aryl methyl sites for hydroxylation is 1. The van der Waals surface area contributed by atoms with Crippen LogP contribution in [0, 0.1) is 0 Å². The molecule has 1 heterocycles. The molecule has 0 spiro atoms. The predicted octanol–water partition coefficient (Wildman–Crippen LogP) is 2.58. The first-order chi connectivity index (χ1) is 7.36. The zero-order chi connectivity index (χ0) is 12.3. The maximum Gasteiger partial charge on any atom is 0.417 e. The molecule has 0 unspecified atom stereocenters. The molecular formula is C9H7ClF3NO2. The highest BCUT2D eigenvalue weighted by atomic mass is 35.5. The van der Waals surface area contributed by atoms with Crippen molar-refractivity contribution in [2.75, 3.05) is 5.88 Å². The molecule has 0 aliphatic heterocycles. The smallest absolute Gasteiger partial charge is 0.417 e. The normalized spacial score (nSPS) is 11.5. The van der Waals surface area contributed by atoms with Crippen LogP contribution in [0.4, 0.5) is 13.2 Å². The summed E-state index contributed by atoms with van der Waals surface area (Å²) in [5.74, 6) is -1.35. The van der Waals surface area contributed by atoms with E-state index in [9.17, 15) is 18.0 Å². The summed E-state index contributed by atoms with van der Waals surface area (Å²) >= 11 is 5.39. The molecule has 1 aromatic rings. The Labute approximate surface area is 93.9 Å². The molecule has 0 bridgehead atoms. The average molecular weight is 254 g/mol. The highest BCUT2D eigenvalue weighted by Crippen LogP contribution is 2.29. The summed E-state index contributed by atoms with van der Waals surface area (Å²) in [7, 11) is 0. The standard InChI is InChI=1S/C9H7ClF3NO2/c10-2-1-7-6(8(15)16)3-5(4-14-7)9(11,12)13/h3-4H,1-2H2,(H,15,16). The monoisotopic (exact) mass is 253 g/mol. The fourth-order valence-electron chi connectivity index (χ4n) is 1.12. The van der Waals surface area contributed by atoms with Gasteiger partial charge in [-0.3, -0.25) is 4.98 Å². The SMILES string of the molecule is O=C(O)c1cc(C(F)(F)F)cnc1CCCl. The number of pyridine rings is 1. The van der Waals surface area contributed by atoms with Gasteiger partial charge in [-0.25, -0.2) is 4.79 Å². The Balaban J connectivity index is 3.23. The highest BCUT2D eigenvalue weighted by molar-refractivity contribution is 6.18. The van der Waals surface area contributed by atoms with Crippen molar-refractivity contribution in [2.45, 2.75) is 12.6 Å². The summed E-state index contributed by atoms with van der Waals surface area (Å²) in [6.45, 7) is 0. The summed E-state index contributed by atoms with van der Waals surface area (Å²) in [6, 6.07) is 0.567. The van der Waals surface area contributed by atoms with Gasteiger partial charge in [0.25, 0.3) is 0 Å². The van der Waals surface area contributed by atoms with Crippen LogP contribution in [0.1, 0.15) is 21.6 Å². The van der Waals surface area contributed by atoms with E-state index in [1.54, 1.807) is 0 Å². The van der Waals surface area contributed by atoms with E-state index in [4.69, 9.17) is 16.7 Å². The van der Waals surface area contributed by atoms with E-state index >= 15 is 0 Å². The number of aromatic nitrogens is 1. The van der Waals surface area contributed by atoms with E-state index < -0.39 is 23.3 Å². The Hall–Kier alpha value is -1.30. The first-order valence-corrected chi connectivity index (χ1v) is 4.75. The molecule has 3 nitrogen and oxygen atoms in total. The van der Waals surface area contributed by atoms with Crippen LogP contribution in [0.5, 0.6) is 0 Å². The molecule has 16 heavy (non-hydrogen) atoms. The Kier molecular flexibility index (Phi) is 3.74. The molecule has 0 aliphatic rings. The number of carboxylic acid groups (broad SMARTS) is 1. The number of carbonyl (C=O) groups is 1. The molecule has 0 saturated heterocycles. The Morgan fingerprint density at radius 1 is 1.50 bits per heavy atom. The van der Waals surface area contributed by atoms with Crippen molar-refractivity contribution in [3.05, 3.63) is 29.1 Å². The van der Waals surface area contributed by atoms with Gasteiger partial charge >= 0.3 is 12.1 Å². The third-order valence-corrected chi connectivity index (χ3v) is 2.05. The van der Waals surface area contributed by atoms with E-state index in [1.807, 2.05) is 0 Å². The Morgan fingerprint density at radius 3 is 2.56 bits per heavy atom. The zero-order valence-corrected chi connectivity index (χ0v) is 8.64. The van der Waals surface area contributed by atoms with Crippen molar-refractivity contribution < 1.29 is 23.1 Å². The van der Waals surface area contributed by atoms with Crippen molar-refractivity contribution in [2.24, 2.45) is 0 Å². The number of carboxylic acids is 1. The molecule has 0 atom stereocenters. The Morgan fingerprint density at radius 2 is 2.12 bits per heavy atom. The molecule has 88 valence electrons. The van der Waals surface area contributed by atoms with Crippen LogP contribution in [0.15, 0.2) is 12.3 Å². The second kappa shape index (κ2) is 4.69. The maximum atomic E-state index is 12.3. The topological polar surface area (TPSA) is 50.2 Å². The number of halogens is 4. The first kappa shape index (κ1) is 12.8. The number of alkyl halides is 4. The molecule has 0 radical (unpaired) electrons. The van der Waals surface area contributed by atoms with E-state index in [0.717, 1.165) is 0 Å². The molecule has 1 aromatic heterocycles. The van der Waals surface area contributed by atoms with E-state index in [0.29, 0.717) is 12.3 Å². The minimum atomic E-state index is -4.60. The van der Waals surface area contributed by atoms with Gasteiger partial charge in [-0.1, -0.05) is 0 Å². The lowest BCUT2D eigenvalue weighted by molar-refractivity contribution is -0.137. The average Bonchev–Trinajstić information content (AvgIpc) is 2.16. The van der Waals surface area contributed by atoms with Gasteiger partial charge in [-0.05, 0) is 6.07 Å². The van der Waals surface area contributed by atoms with Gasteiger partial charge in [-0.2, -0.15) is 13.2 Å². The van der Waals surface area contributed by atoms with Gasteiger partial charge in [0.2, 0.25) is 0 Å². The quantitative estimate of drug-likeness (QED) is 0.843. The lowest BCUT2D eigenvalue weighted by Crippen LogP contribution is -2.12. The van der Waals surface area contributed by atoms with Crippen molar-refractivity contribution in [3.8, 4) is 0 Å². The molecule has 1 rings (SSSR count). The van der Waals surface area contributed by atoms with Crippen molar-refractivity contribution in [1.29, 1.82) is 0 Å². The molecule has 0 aliphatic carbocycles. The van der Waals surface area contributed by atoms with Crippen LogP contribution >= 0.6 is 11.6 Å². The molecule has 0 amide bonds. The molecule has 0 fully saturated rings. The van der Waals surface area contributed by atoms with Crippen molar-refractivity contribution in [1.82, 2.24) is 4.98 Å². The summed E-state index contributed by atoms with van der Waals surface area (Å²) in [5.41, 5.74) is -1.49. The van der Waals surface area contributed by atoms with E-state index in [-0.39, 0.29) is 18.0 Å². The molecular weight excluding hydrogens is 247 g/mol. The third-order valence-electron chi connectivity index (χ3n) is 1.86. The fraction of sp³-hybridized carbons (Fsp3) is 0.333. The van der Waals surface area contributed by atoms with Gasteiger partial charge in [0.15, 0.2) is 0 Å². The van der Waals surface area contributed by atoms with Crippen LogP contribution in [-0.4, -0.2) is 21.9 Å². The second-order valence-electron chi connectivity index (χ2n) is 2.96. The fourth-order valence-corrected chi connectivity index (χ4v) is 1.30. The first-order valence-electron chi connectivity index (χ1n) is 4.21. The number of hydrogen-bond donors (Lipinski definition) is 1. The molecule has 7 heteroatoms. The second-order valence-corrected chi connectivity index (χ2v) is 3.34. The van der Waals surface area contributed by atoms with Gasteiger partial charge in [0.1, 0.15) is 0 Å². The van der Waals surface area contributed by atoms with Crippen LogP contribution < -0.4 is 0 Å². The molecule has 0 aromatic carbocycles. The van der Waals surface area contributed by atoms with E-state index in [2.05, 4.69) is 4.98 Å². The van der Waals surface area contributed by atoms with E-state index in [1.165, 1.54) is 0 Å². The molecule has 1 N–H and O–H groups in total. The number of rotatable bonds is 3. The van der Waals surface area contributed by atoms with Crippen molar-refractivity contribution in [3.63, 3.8) is 0 Å². The van der Waals surface area contributed by atoms with Gasteiger partial charge < -0.3 is 5.11 Å². The maximum absolute atomic E-state index is 12.3. The number of hydrogen-bond acceptors (Lipinski definition) is 2. The van der Waals surface area contributed by atoms with Gasteiger partial charge in [-0.15, -0.1) is 11.6 Å². The van der Waals surface area contributed by atoms with Crippen LogP contribution in [-0.2, 0) is 12.6 Å². The zero-order valence-electron chi connectivity index (χ0n) is 7.88. The van der Waals surface area contributed by atoms with Crippen molar-refractivity contribution >= 4 is 17.6 Å². The summed E-state index contributed by atoms with van der Waals surface area (Å²) in [5, 5.41) is 8.73. The van der Waals surface area contributed by atoms with Gasteiger partial charge in [0.05, 0.1) is 16.8 Å². The summed E-state index contributed by atoms with van der Waals surface area (Å²) in [4.78, 5) is 14.2. The lowest BCUT2D eigenvalue weighted by Gasteiger charge is -2.09. The van der Waals surface area contributed by atoms with Gasteiger partial charge in [0, 0.05) is 18.5 Å². The summed E-state index contributed by atoms with van der Waals surface area (Å²) < 4.78 is 36.9. The third kappa shape index (κ3) is 2.85. The van der Waals surface area contributed by atoms with Crippen LogP contribution in [0.25, 0.3) is 0 Å². The van der Waals surface area contributed by atoms with Crippen LogP contribution in [0.2, 0.25) is 0 Å². The lowest BCUT2D eigenvalue weighted by atomic mass is 10.1. The minimum Gasteiger partial charge on any atom is -0.478 e. The molecule has 0 saturated carbocycles. The Bertz CT molecular complexity index is 406.